The lowest BCUT2D eigenvalue weighted by molar-refractivity contribution is -0.121. The Morgan fingerprint density at radius 1 is 1.28 bits per heavy atom. The molecule has 0 unspecified atom stereocenters. The minimum absolute atomic E-state index is 0.0135. The molecular weight excluding hydrogens is 314 g/mol. The van der Waals surface area contributed by atoms with Crippen LogP contribution in [0, 0.1) is 12.8 Å². The van der Waals surface area contributed by atoms with E-state index in [-0.39, 0.29) is 11.9 Å². The molecule has 1 fully saturated rings. The third kappa shape index (κ3) is 5.03. The summed E-state index contributed by atoms with van der Waals surface area (Å²) < 4.78 is 5.45. The molecule has 2 aromatic rings. The van der Waals surface area contributed by atoms with Crippen LogP contribution in [0.25, 0.3) is 0 Å². The standard InChI is InChI=1S/C20H25N3O2/c1-14-3-2-4-18(22-14)20(16-7-8-16)23-19(24)13-15-5-9-17(10-6-15)25-12-11-21/h2-6,9-10,16,20H,7-8,11-13,21H2,1H3,(H,23,24)/t20-/m1/s1. The van der Waals surface area contributed by atoms with Crippen LogP contribution in [-0.4, -0.2) is 24.0 Å². The van der Waals surface area contributed by atoms with Gasteiger partial charge in [0.1, 0.15) is 12.4 Å². The summed E-state index contributed by atoms with van der Waals surface area (Å²) in [5, 5.41) is 3.17. The number of aromatic nitrogens is 1. The summed E-state index contributed by atoms with van der Waals surface area (Å²) in [5.74, 6) is 1.30. The van der Waals surface area contributed by atoms with Gasteiger partial charge in [0.05, 0.1) is 18.2 Å². The van der Waals surface area contributed by atoms with E-state index >= 15 is 0 Å². The molecular formula is C20H25N3O2. The number of rotatable bonds is 8. The summed E-state index contributed by atoms with van der Waals surface area (Å²) in [7, 11) is 0. The number of aryl methyl sites for hydroxylation is 1. The number of hydrogen-bond donors (Lipinski definition) is 2. The number of benzene rings is 1. The first-order chi connectivity index (χ1) is 12.2. The lowest BCUT2D eigenvalue weighted by atomic mass is 10.1. The molecule has 1 saturated carbocycles. The number of carbonyl (C=O) groups excluding carboxylic acids is 1. The van der Waals surface area contributed by atoms with Gasteiger partial charge in [-0.25, -0.2) is 0 Å². The average Bonchev–Trinajstić information content (AvgIpc) is 3.44. The van der Waals surface area contributed by atoms with E-state index in [2.05, 4.69) is 10.3 Å². The van der Waals surface area contributed by atoms with Crippen molar-refractivity contribution in [2.45, 2.75) is 32.2 Å². The maximum absolute atomic E-state index is 12.5. The van der Waals surface area contributed by atoms with Crippen LogP contribution in [-0.2, 0) is 11.2 Å². The number of amides is 1. The maximum atomic E-state index is 12.5. The topological polar surface area (TPSA) is 77.2 Å². The molecule has 1 aliphatic carbocycles. The summed E-state index contributed by atoms with van der Waals surface area (Å²) in [6.07, 6.45) is 2.65. The Morgan fingerprint density at radius 2 is 2.04 bits per heavy atom. The predicted molar refractivity (Wildman–Crippen MR) is 97.3 cm³/mol. The number of ether oxygens (including phenoxy) is 1. The van der Waals surface area contributed by atoms with E-state index in [9.17, 15) is 4.79 Å². The number of hydrogen-bond acceptors (Lipinski definition) is 4. The van der Waals surface area contributed by atoms with Gasteiger partial charge in [-0.05, 0) is 55.5 Å². The van der Waals surface area contributed by atoms with E-state index in [4.69, 9.17) is 10.5 Å². The molecule has 25 heavy (non-hydrogen) atoms. The van der Waals surface area contributed by atoms with E-state index in [0.29, 0.717) is 25.5 Å². The molecule has 1 aliphatic rings. The van der Waals surface area contributed by atoms with E-state index < -0.39 is 0 Å². The lowest BCUT2D eigenvalue weighted by Gasteiger charge is -2.18. The molecule has 132 valence electrons. The number of nitrogens with zero attached hydrogens (tertiary/aromatic N) is 1. The predicted octanol–water partition coefficient (Wildman–Crippen LogP) is 2.54. The van der Waals surface area contributed by atoms with Crippen LogP contribution < -0.4 is 15.8 Å². The van der Waals surface area contributed by atoms with Crippen molar-refractivity contribution in [3.05, 3.63) is 59.4 Å². The number of carbonyl (C=O) groups is 1. The fourth-order valence-electron chi connectivity index (χ4n) is 2.89. The van der Waals surface area contributed by atoms with Crippen LogP contribution in [0.5, 0.6) is 5.75 Å². The van der Waals surface area contributed by atoms with Crippen molar-refractivity contribution in [2.24, 2.45) is 11.7 Å². The molecule has 0 radical (unpaired) electrons. The average molecular weight is 339 g/mol. The third-order valence-electron chi connectivity index (χ3n) is 4.31. The Labute approximate surface area is 148 Å². The number of pyridine rings is 1. The summed E-state index contributed by atoms with van der Waals surface area (Å²) >= 11 is 0. The number of nitrogens with two attached hydrogens (primary N) is 1. The normalized spacial score (nSPS) is 14.8. The van der Waals surface area contributed by atoms with Crippen LogP contribution in [0.3, 0.4) is 0 Å². The Morgan fingerprint density at radius 3 is 2.68 bits per heavy atom. The van der Waals surface area contributed by atoms with Crippen LogP contribution in [0.1, 0.15) is 35.8 Å². The van der Waals surface area contributed by atoms with Crippen LogP contribution in [0.2, 0.25) is 0 Å². The monoisotopic (exact) mass is 339 g/mol. The van der Waals surface area contributed by atoms with E-state index in [0.717, 1.165) is 35.5 Å². The molecule has 0 bridgehead atoms. The molecule has 1 aromatic heterocycles. The van der Waals surface area contributed by atoms with Gasteiger partial charge in [-0.15, -0.1) is 0 Å². The van der Waals surface area contributed by atoms with Gasteiger partial charge in [-0.2, -0.15) is 0 Å². The van der Waals surface area contributed by atoms with Gasteiger partial charge in [0.15, 0.2) is 0 Å². The highest BCUT2D eigenvalue weighted by atomic mass is 16.5. The molecule has 0 spiro atoms. The highest BCUT2D eigenvalue weighted by Gasteiger charge is 2.34. The summed E-state index contributed by atoms with van der Waals surface area (Å²) in [6, 6.07) is 13.6. The van der Waals surface area contributed by atoms with Crippen molar-refractivity contribution in [3.63, 3.8) is 0 Å². The van der Waals surface area contributed by atoms with Crippen molar-refractivity contribution in [1.82, 2.24) is 10.3 Å². The van der Waals surface area contributed by atoms with Gasteiger partial charge >= 0.3 is 0 Å². The first-order valence-electron chi connectivity index (χ1n) is 8.80. The fourth-order valence-corrected chi connectivity index (χ4v) is 2.89. The first kappa shape index (κ1) is 17.4. The van der Waals surface area contributed by atoms with Gasteiger partial charge < -0.3 is 15.8 Å². The highest BCUT2D eigenvalue weighted by Crippen LogP contribution is 2.40. The Hall–Kier alpha value is -2.40. The highest BCUT2D eigenvalue weighted by molar-refractivity contribution is 5.79. The van der Waals surface area contributed by atoms with Crippen molar-refractivity contribution >= 4 is 5.91 Å². The zero-order chi connectivity index (χ0) is 17.6. The zero-order valence-corrected chi connectivity index (χ0v) is 14.6. The van der Waals surface area contributed by atoms with E-state index in [1.54, 1.807) is 0 Å². The van der Waals surface area contributed by atoms with Crippen LogP contribution >= 0.6 is 0 Å². The van der Waals surface area contributed by atoms with Crippen molar-refractivity contribution in [2.75, 3.05) is 13.2 Å². The van der Waals surface area contributed by atoms with E-state index in [1.165, 1.54) is 0 Å². The minimum atomic E-state index is 0.0135. The fraction of sp³-hybridized carbons (Fsp3) is 0.400. The van der Waals surface area contributed by atoms with E-state index in [1.807, 2.05) is 49.4 Å². The summed E-state index contributed by atoms with van der Waals surface area (Å²) in [5.41, 5.74) is 8.32. The Bertz CT molecular complexity index is 711. The Balaban J connectivity index is 1.60. The second-order valence-electron chi connectivity index (χ2n) is 6.54. The first-order valence-corrected chi connectivity index (χ1v) is 8.80. The van der Waals surface area contributed by atoms with Crippen molar-refractivity contribution in [3.8, 4) is 5.75 Å². The molecule has 0 aliphatic heterocycles. The molecule has 1 aromatic carbocycles. The smallest absolute Gasteiger partial charge is 0.224 e. The van der Waals surface area contributed by atoms with Crippen LogP contribution in [0.4, 0.5) is 0 Å². The van der Waals surface area contributed by atoms with Gasteiger partial charge in [0.2, 0.25) is 5.91 Å². The molecule has 3 N–H and O–H groups in total. The molecule has 0 saturated heterocycles. The maximum Gasteiger partial charge on any atom is 0.224 e. The third-order valence-corrected chi connectivity index (χ3v) is 4.31. The minimum Gasteiger partial charge on any atom is -0.492 e. The SMILES string of the molecule is Cc1cccc([C@H](NC(=O)Cc2ccc(OCCN)cc2)C2CC2)n1. The lowest BCUT2D eigenvalue weighted by Crippen LogP contribution is -2.31. The molecule has 1 heterocycles. The van der Waals surface area contributed by atoms with Gasteiger partial charge in [-0.1, -0.05) is 18.2 Å². The molecule has 3 rings (SSSR count). The van der Waals surface area contributed by atoms with Crippen LogP contribution in [0.15, 0.2) is 42.5 Å². The molecule has 1 amide bonds. The number of nitrogens with one attached hydrogen (secondary N) is 1. The molecule has 1 atom stereocenters. The van der Waals surface area contributed by atoms with Gasteiger partial charge in [0, 0.05) is 12.2 Å². The van der Waals surface area contributed by atoms with Crippen molar-refractivity contribution in [1.29, 1.82) is 0 Å². The second kappa shape index (κ2) is 8.12. The van der Waals surface area contributed by atoms with Gasteiger partial charge in [0.25, 0.3) is 0 Å². The Kier molecular flexibility index (Phi) is 5.66. The van der Waals surface area contributed by atoms with Crippen molar-refractivity contribution < 1.29 is 9.53 Å². The zero-order valence-electron chi connectivity index (χ0n) is 14.6. The van der Waals surface area contributed by atoms with Gasteiger partial charge in [-0.3, -0.25) is 9.78 Å². The largest absolute Gasteiger partial charge is 0.492 e. The quantitative estimate of drug-likeness (QED) is 0.775. The second-order valence-corrected chi connectivity index (χ2v) is 6.54. The molecule has 5 nitrogen and oxygen atoms in total. The molecule has 5 heteroatoms. The summed E-state index contributed by atoms with van der Waals surface area (Å²) in [4.78, 5) is 17.1. The summed E-state index contributed by atoms with van der Waals surface area (Å²) in [6.45, 7) is 2.95.